The molecular weight excluding hydrogens is 190 g/mol. The normalized spacial score (nSPS) is 27.7. The lowest BCUT2D eigenvalue weighted by Crippen LogP contribution is -2.45. The molecule has 1 heterocycles. The quantitative estimate of drug-likeness (QED) is 0.707. The smallest absolute Gasteiger partial charge is 0.219 e. The molecule has 0 bridgehead atoms. The van der Waals surface area contributed by atoms with Crippen LogP contribution >= 0.6 is 0 Å². The zero-order valence-electron chi connectivity index (χ0n) is 9.83. The van der Waals surface area contributed by atoms with Crippen molar-refractivity contribution in [3.63, 3.8) is 0 Å². The number of nitrogens with two attached hydrogens (primary N) is 1. The van der Waals surface area contributed by atoms with Gasteiger partial charge >= 0.3 is 0 Å². The molecular formula is C11H23N3O. The van der Waals surface area contributed by atoms with Gasteiger partial charge in [0.15, 0.2) is 0 Å². The summed E-state index contributed by atoms with van der Waals surface area (Å²) in [6.45, 7) is 4.32. The van der Waals surface area contributed by atoms with E-state index < -0.39 is 0 Å². The maximum Gasteiger partial charge on any atom is 0.219 e. The van der Waals surface area contributed by atoms with Gasteiger partial charge in [-0.1, -0.05) is 0 Å². The van der Waals surface area contributed by atoms with Crippen LogP contribution in [0.1, 0.15) is 32.6 Å². The Morgan fingerprint density at radius 1 is 1.60 bits per heavy atom. The van der Waals surface area contributed by atoms with Crippen molar-refractivity contribution in [2.75, 3.05) is 20.1 Å². The molecule has 0 saturated carbocycles. The highest BCUT2D eigenvalue weighted by molar-refractivity contribution is 5.75. The molecule has 0 spiro atoms. The molecule has 1 rings (SSSR count). The Morgan fingerprint density at radius 3 is 2.93 bits per heavy atom. The van der Waals surface area contributed by atoms with Gasteiger partial charge in [0.25, 0.3) is 0 Å². The van der Waals surface area contributed by atoms with E-state index in [1.54, 1.807) is 7.05 Å². The van der Waals surface area contributed by atoms with E-state index in [1.807, 2.05) is 0 Å². The fourth-order valence-electron chi connectivity index (χ4n) is 2.16. The van der Waals surface area contributed by atoms with Crippen molar-refractivity contribution in [2.45, 2.75) is 44.7 Å². The van der Waals surface area contributed by atoms with Crippen LogP contribution in [0.3, 0.4) is 0 Å². The van der Waals surface area contributed by atoms with E-state index in [0.717, 1.165) is 32.4 Å². The first kappa shape index (κ1) is 12.5. The van der Waals surface area contributed by atoms with Gasteiger partial charge in [0.1, 0.15) is 0 Å². The van der Waals surface area contributed by atoms with Crippen LogP contribution in [0, 0.1) is 0 Å². The van der Waals surface area contributed by atoms with E-state index >= 15 is 0 Å². The number of nitrogens with zero attached hydrogens (tertiary/aromatic N) is 1. The van der Waals surface area contributed by atoms with Crippen molar-refractivity contribution in [1.29, 1.82) is 0 Å². The third-order valence-electron chi connectivity index (χ3n) is 3.18. The minimum Gasteiger partial charge on any atom is -0.359 e. The molecule has 3 N–H and O–H groups in total. The standard InChI is InChI=1S/C11H23N3O/c1-9-8-10(12)5-7-14(9)6-3-4-11(15)13-2/h9-10H,3-8,12H2,1-2H3,(H,13,15). The first-order valence-corrected chi connectivity index (χ1v) is 5.83. The summed E-state index contributed by atoms with van der Waals surface area (Å²) in [6, 6.07) is 0.939. The molecule has 2 atom stereocenters. The molecule has 1 aliphatic heterocycles. The third kappa shape index (κ3) is 4.18. The van der Waals surface area contributed by atoms with E-state index in [1.165, 1.54) is 0 Å². The van der Waals surface area contributed by atoms with Gasteiger partial charge in [-0.05, 0) is 39.3 Å². The van der Waals surface area contributed by atoms with Crippen LogP contribution in [0.5, 0.6) is 0 Å². The number of amides is 1. The van der Waals surface area contributed by atoms with Gasteiger partial charge in [-0.2, -0.15) is 0 Å². The van der Waals surface area contributed by atoms with Crippen LogP contribution in [0.4, 0.5) is 0 Å². The van der Waals surface area contributed by atoms with Gasteiger partial charge in [0.05, 0.1) is 0 Å². The number of carbonyl (C=O) groups is 1. The molecule has 0 aromatic rings. The highest BCUT2D eigenvalue weighted by atomic mass is 16.1. The lowest BCUT2D eigenvalue weighted by molar-refractivity contribution is -0.120. The monoisotopic (exact) mass is 213 g/mol. The molecule has 88 valence electrons. The van der Waals surface area contributed by atoms with E-state index in [4.69, 9.17) is 5.73 Å². The van der Waals surface area contributed by atoms with Crippen LogP contribution in [0.15, 0.2) is 0 Å². The Labute approximate surface area is 92.2 Å². The molecule has 1 fully saturated rings. The second-order valence-corrected chi connectivity index (χ2v) is 4.45. The Hall–Kier alpha value is -0.610. The highest BCUT2D eigenvalue weighted by Gasteiger charge is 2.22. The third-order valence-corrected chi connectivity index (χ3v) is 3.18. The maximum absolute atomic E-state index is 11.0. The van der Waals surface area contributed by atoms with Crippen LogP contribution in [-0.2, 0) is 4.79 Å². The number of rotatable bonds is 4. The second-order valence-electron chi connectivity index (χ2n) is 4.45. The van der Waals surface area contributed by atoms with Gasteiger partial charge in [-0.3, -0.25) is 4.79 Å². The second kappa shape index (κ2) is 6.08. The average Bonchev–Trinajstić information content (AvgIpc) is 2.21. The summed E-state index contributed by atoms with van der Waals surface area (Å²) in [5, 5.41) is 2.64. The van der Waals surface area contributed by atoms with Crippen molar-refractivity contribution in [3.8, 4) is 0 Å². The largest absolute Gasteiger partial charge is 0.359 e. The summed E-state index contributed by atoms with van der Waals surface area (Å²) in [5.41, 5.74) is 5.90. The molecule has 0 radical (unpaired) electrons. The van der Waals surface area contributed by atoms with E-state index in [0.29, 0.717) is 18.5 Å². The number of carbonyl (C=O) groups excluding carboxylic acids is 1. The number of likely N-dealkylation sites (tertiary alicyclic amines) is 1. The van der Waals surface area contributed by atoms with Crippen LogP contribution in [0.2, 0.25) is 0 Å². The first-order chi connectivity index (χ1) is 7.13. The van der Waals surface area contributed by atoms with Gasteiger partial charge in [0.2, 0.25) is 5.91 Å². The summed E-state index contributed by atoms with van der Waals surface area (Å²) in [7, 11) is 1.69. The molecule has 0 aliphatic carbocycles. The number of hydrogen-bond acceptors (Lipinski definition) is 3. The van der Waals surface area contributed by atoms with Crippen molar-refractivity contribution >= 4 is 5.91 Å². The van der Waals surface area contributed by atoms with Crippen molar-refractivity contribution in [3.05, 3.63) is 0 Å². The lowest BCUT2D eigenvalue weighted by atomic mass is 9.99. The zero-order valence-corrected chi connectivity index (χ0v) is 9.83. The van der Waals surface area contributed by atoms with E-state index in [2.05, 4.69) is 17.1 Å². The summed E-state index contributed by atoms with van der Waals surface area (Å²) in [5.74, 6) is 0.136. The fourth-order valence-corrected chi connectivity index (χ4v) is 2.16. The topological polar surface area (TPSA) is 58.4 Å². The van der Waals surface area contributed by atoms with E-state index in [9.17, 15) is 4.79 Å². The van der Waals surface area contributed by atoms with Crippen molar-refractivity contribution < 1.29 is 4.79 Å². The van der Waals surface area contributed by atoms with Crippen LogP contribution in [0.25, 0.3) is 0 Å². The Bertz CT molecular complexity index is 208. The zero-order chi connectivity index (χ0) is 11.3. The Kier molecular flexibility index (Phi) is 5.05. The van der Waals surface area contributed by atoms with Crippen LogP contribution in [-0.4, -0.2) is 43.0 Å². The Morgan fingerprint density at radius 2 is 2.33 bits per heavy atom. The molecule has 0 aromatic heterocycles. The Balaban J connectivity index is 2.18. The minimum atomic E-state index is 0.136. The predicted octanol–water partition coefficient (Wildman–Crippen LogP) is 0.324. The molecule has 4 nitrogen and oxygen atoms in total. The molecule has 15 heavy (non-hydrogen) atoms. The maximum atomic E-state index is 11.0. The van der Waals surface area contributed by atoms with Gasteiger partial charge in [-0.15, -0.1) is 0 Å². The summed E-state index contributed by atoms with van der Waals surface area (Å²) < 4.78 is 0. The minimum absolute atomic E-state index is 0.136. The number of nitrogens with one attached hydrogen (secondary N) is 1. The molecule has 1 aliphatic rings. The molecule has 1 saturated heterocycles. The molecule has 4 heteroatoms. The lowest BCUT2D eigenvalue weighted by Gasteiger charge is -2.36. The first-order valence-electron chi connectivity index (χ1n) is 5.83. The SMILES string of the molecule is CNC(=O)CCCN1CCC(N)CC1C. The summed E-state index contributed by atoms with van der Waals surface area (Å²) in [6.07, 6.45) is 3.75. The predicted molar refractivity (Wildman–Crippen MR) is 61.5 cm³/mol. The summed E-state index contributed by atoms with van der Waals surface area (Å²) in [4.78, 5) is 13.5. The molecule has 2 unspecified atom stereocenters. The highest BCUT2D eigenvalue weighted by Crippen LogP contribution is 2.16. The van der Waals surface area contributed by atoms with Gasteiger partial charge < -0.3 is 16.0 Å². The van der Waals surface area contributed by atoms with Crippen molar-refractivity contribution in [2.24, 2.45) is 5.73 Å². The fraction of sp³-hybridized carbons (Fsp3) is 0.909. The summed E-state index contributed by atoms with van der Waals surface area (Å²) >= 11 is 0. The van der Waals surface area contributed by atoms with Gasteiger partial charge in [-0.25, -0.2) is 0 Å². The molecule has 0 aromatic carbocycles. The average molecular weight is 213 g/mol. The van der Waals surface area contributed by atoms with Crippen molar-refractivity contribution in [1.82, 2.24) is 10.2 Å². The number of hydrogen-bond donors (Lipinski definition) is 2. The van der Waals surface area contributed by atoms with Gasteiger partial charge in [0, 0.05) is 25.6 Å². The van der Waals surface area contributed by atoms with E-state index in [-0.39, 0.29) is 5.91 Å². The molecule has 1 amide bonds. The van der Waals surface area contributed by atoms with Crippen LogP contribution < -0.4 is 11.1 Å². The number of piperidine rings is 1.